The summed E-state index contributed by atoms with van der Waals surface area (Å²) >= 11 is 0. The highest BCUT2D eigenvalue weighted by atomic mass is 19.4. The van der Waals surface area contributed by atoms with E-state index in [-0.39, 0.29) is 17.5 Å². The van der Waals surface area contributed by atoms with Gasteiger partial charge >= 0.3 is 6.18 Å². The van der Waals surface area contributed by atoms with Crippen LogP contribution in [0.5, 0.6) is 0 Å². The van der Waals surface area contributed by atoms with Crippen LogP contribution in [0.3, 0.4) is 0 Å². The number of nitrogens with zero attached hydrogens (tertiary/aromatic N) is 3. The number of hydrogen-bond acceptors (Lipinski definition) is 4. The number of amides is 2. The lowest BCUT2D eigenvalue weighted by Gasteiger charge is -2.38. The van der Waals surface area contributed by atoms with Crippen molar-refractivity contribution >= 4 is 17.6 Å². The van der Waals surface area contributed by atoms with E-state index < -0.39 is 17.6 Å². The van der Waals surface area contributed by atoms with Crippen LogP contribution in [0.15, 0.2) is 36.5 Å². The van der Waals surface area contributed by atoms with Crippen molar-refractivity contribution in [1.29, 1.82) is 0 Å². The van der Waals surface area contributed by atoms with Crippen LogP contribution in [0.25, 0.3) is 0 Å². The maximum absolute atomic E-state index is 13.4. The lowest BCUT2D eigenvalue weighted by atomic mass is 10.0. The predicted octanol–water partition coefficient (Wildman–Crippen LogP) is 3.76. The molecule has 1 saturated heterocycles. The topological polar surface area (TPSA) is 65.5 Å². The monoisotopic (exact) mass is 460 g/mol. The van der Waals surface area contributed by atoms with Crippen LogP contribution in [0.2, 0.25) is 0 Å². The molecule has 0 spiro atoms. The first-order chi connectivity index (χ1) is 15.6. The molecule has 33 heavy (non-hydrogen) atoms. The van der Waals surface area contributed by atoms with Gasteiger partial charge in [-0.05, 0) is 42.5 Å². The van der Waals surface area contributed by atoms with Crippen molar-refractivity contribution in [3.63, 3.8) is 0 Å². The predicted molar refractivity (Wildman–Crippen MR) is 118 cm³/mol. The fourth-order valence-electron chi connectivity index (χ4n) is 4.45. The minimum Gasteiger partial charge on any atom is -0.352 e. The van der Waals surface area contributed by atoms with Gasteiger partial charge in [-0.25, -0.2) is 4.98 Å². The largest absolute Gasteiger partial charge is 0.417 e. The molecule has 2 aliphatic heterocycles. The van der Waals surface area contributed by atoms with Crippen molar-refractivity contribution in [3.8, 4) is 0 Å². The maximum atomic E-state index is 13.4. The van der Waals surface area contributed by atoms with E-state index in [9.17, 15) is 22.8 Å². The second-order valence-corrected chi connectivity index (χ2v) is 8.99. The first-order valence-electron chi connectivity index (χ1n) is 11.1. The number of alkyl halides is 3. The van der Waals surface area contributed by atoms with E-state index in [1.165, 1.54) is 23.1 Å². The Kier molecular flexibility index (Phi) is 6.32. The molecule has 1 atom stereocenters. The van der Waals surface area contributed by atoms with Crippen molar-refractivity contribution in [2.24, 2.45) is 5.92 Å². The van der Waals surface area contributed by atoms with Crippen LogP contribution < -0.4 is 10.2 Å². The van der Waals surface area contributed by atoms with Crippen molar-refractivity contribution in [1.82, 2.24) is 15.2 Å². The molecule has 3 heterocycles. The zero-order chi connectivity index (χ0) is 23.8. The molecule has 2 aliphatic rings. The Labute approximate surface area is 190 Å². The summed E-state index contributed by atoms with van der Waals surface area (Å²) in [5, 5.41) is 2.90. The van der Waals surface area contributed by atoms with E-state index in [4.69, 9.17) is 0 Å². The Bertz CT molecular complexity index is 1050. The van der Waals surface area contributed by atoms with Crippen molar-refractivity contribution in [3.05, 3.63) is 58.8 Å². The first-order valence-corrected chi connectivity index (χ1v) is 11.1. The summed E-state index contributed by atoms with van der Waals surface area (Å²) in [6.45, 7) is 5.87. The van der Waals surface area contributed by atoms with Gasteiger partial charge in [-0.15, -0.1) is 0 Å². The molecule has 1 N–H and O–H groups in total. The molecule has 0 aliphatic carbocycles. The maximum Gasteiger partial charge on any atom is 0.417 e. The second kappa shape index (κ2) is 9.03. The lowest BCUT2D eigenvalue weighted by Crippen LogP contribution is -2.53. The Balaban J connectivity index is 1.45. The van der Waals surface area contributed by atoms with Gasteiger partial charge in [0.25, 0.3) is 11.8 Å². The molecule has 1 unspecified atom stereocenters. The average Bonchev–Trinajstić information content (AvgIpc) is 3.14. The normalized spacial score (nSPS) is 17.7. The lowest BCUT2D eigenvalue weighted by molar-refractivity contribution is -0.138. The fourth-order valence-corrected chi connectivity index (χ4v) is 4.45. The zero-order valence-corrected chi connectivity index (χ0v) is 18.7. The Morgan fingerprint density at radius 1 is 1.21 bits per heavy atom. The zero-order valence-electron chi connectivity index (χ0n) is 18.7. The first kappa shape index (κ1) is 23.1. The molecule has 2 aromatic rings. The second-order valence-electron chi connectivity index (χ2n) is 8.99. The number of carbonyl (C=O) groups is 2. The van der Waals surface area contributed by atoms with Gasteiger partial charge in [-0.2, -0.15) is 13.2 Å². The Hall–Kier alpha value is -3.10. The summed E-state index contributed by atoms with van der Waals surface area (Å²) in [5.41, 5.74) is 0.167. The van der Waals surface area contributed by atoms with Crippen LogP contribution >= 0.6 is 0 Å². The van der Waals surface area contributed by atoms with E-state index in [1.54, 1.807) is 6.20 Å². The summed E-state index contributed by atoms with van der Waals surface area (Å²) < 4.78 is 40.1. The molecule has 2 amide bonds. The third-order valence-corrected chi connectivity index (χ3v) is 6.17. The van der Waals surface area contributed by atoms with Crippen molar-refractivity contribution in [2.75, 3.05) is 31.1 Å². The molecule has 1 aromatic carbocycles. The number of halogens is 3. The van der Waals surface area contributed by atoms with Crippen LogP contribution in [0, 0.1) is 5.92 Å². The highest BCUT2D eigenvalue weighted by molar-refractivity contribution is 5.96. The molecule has 6 nitrogen and oxygen atoms in total. The number of benzene rings is 1. The van der Waals surface area contributed by atoms with Gasteiger partial charge in [0.1, 0.15) is 5.82 Å². The number of rotatable bonds is 5. The molecule has 1 aromatic heterocycles. The van der Waals surface area contributed by atoms with Gasteiger partial charge in [0.2, 0.25) is 0 Å². The summed E-state index contributed by atoms with van der Waals surface area (Å²) in [4.78, 5) is 33.5. The SMILES string of the molecule is CC(C)CCNC(=O)c1cnc2c(c1)CC1CN(C(=O)c3ccccc3C(F)(F)F)CCN21. The van der Waals surface area contributed by atoms with Gasteiger partial charge in [0, 0.05) is 32.4 Å². The molecular weight excluding hydrogens is 433 g/mol. The third kappa shape index (κ3) is 4.82. The van der Waals surface area contributed by atoms with Crippen LogP contribution in [-0.4, -0.2) is 53.9 Å². The quantitative estimate of drug-likeness (QED) is 0.738. The number of piperazine rings is 1. The minimum atomic E-state index is -4.59. The van der Waals surface area contributed by atoms with E-state index in [0.717, 1.165) is 23.9 Å². The fraction of sp³-hybridized carbons (Fsp3) is 0.458. The summed E-state index contributed by atoms with van der Waals surface area (Å²) in [6.07, 6.45) is -1.56. The molecule has 0 saturated carbocycles. The number of carbonyl (C=O) groups excluding carboxylic acids is 2. The molecular formula is C24H27F3N4O2. The number of hydrogen-bond donors (Lipinski definition) is 1. The standard InChI is InChI=1S/C24H27F3N4O2/c1-15(2)7-8-28-22(32)17-11-16-12-18-14-30(9-10-31(18)21(16)29-13-17)23(33)19-5-3-4-6-20(19)24(25,26)27/h3-6,11,13,15,18H,7-10,12,14H2,1-2H3,(H,28,32). The molecule has 1 fully saturated rings. The van der Waals surface area contributed by atoms with Crippen LogP contribution in [-0.2, 0) is 12.6 Å². The minimum absolute atomic E-state index is 0.0810. The summed E-state index contributed by atoms with van der Waals surface area (Å²) in [7, 11) is 0. The third-order valence-electron chi connectivity index (χ3n) is 6.17. The van der Waals surface area contributed by atoms with Gasteiger partial charge in [0.05, 0.1) is 22.7 Å². The molecule has 0 bridgehead atoms. The van der Waals surface area contributed by atoms with Gasteiger partial charge in [0.15, 0.2) is 0 Å². The molecule has 176 valence electrons. The van der Waals surface area contributed by atoms with Gasteiger partial charge in [-0.1, -0.05) is 26.0 Å². The number of fused-ring (bicyclic) bond motifs is 3. The van der Waals surface area contributed by atoms with Gasteiger partial charge < -0.3 is 15.1 Å². The van der Waals surface area contributed by atoms with Gasteiger partial charge in [-0.3, -0.25) is 9.59 Å². The Morgan fingerprint density at radius 3 is 2.70 bits per heavy atom. The van der Waals surface area contributed by atoms with E-state index in [2.05, 4.69) is 29.0 Å². The molecule has 0 radical (unpaired) electrons. The number of nitrogens with one attached hydrogen (secondary N) is 1. The number of aromatic nitrogens is 1. The Morgan fingerprint density at radius 2 is 1.97 bits per heavy atom. The number of anilines is 1. The highest BCUT2D eigenvalue weighted by Crippen LogP contribution is 2.35. The molecule has 4 rings (SSSR count). The molecule has 9 heteroatoms. The highest BCUT2D eigenvalue weighted by Gasteiger charge is 2.40. The van der Waals surface area contributed by atoms with E-state index in [1.807, 2.05) is 6.07 Å². The smallest absolute Gasteiger partial charge is 0.352 e. The van der Waals surface area contributed by atoms with E-state index >= 15 is 0 Å². The average molecular weight is 461 g/mol. The van der Waals surface area contributed by atoms with Crippen LogP contribution in [0.1, 0.15) is 52.1 Å². The van der Waals surface area contributed by atoms with Crippen molar-refractivity contribution < 1.29 is 22.8 Å². The summed E-state index contributed by atoms with van der Waals surface area (Å²) in [5.74, 6) is 0.489. The van der Waals surface area contributed by atoms with E-state index in [0.29, 0.717) is 44.1 Å². The van der Waals surface area contributed by atoms with Crippen molar-refractivity contribution in [2.45, 2.75) is 38.9 Å². The number of pyridine rings is 1. The summed E-state index contributed by atoms with van der Waals surface area (Å²) in [6, 6.07) is 6.65. The van der Waals surface area contributed by atoms with Crippen LogP contribution in [0.4, 0.5) is 19.0 Å².